The number of carbonyl (C=O) groups is 2. The van der Waals surface area contributed by atoms with Gasteiger partial charge in [0, 0.05) is 21.8 Å². The minimum absolute atomic E-state index is 0.138. The number of methoxy groups -OCH3 is 1. The summed E-state index contributed by atoms with van der Waals surface area (Å²) in [5.74, 6) is 0.408. The molecule has 0 saturated carbocycles. The molecular weight excluding hydrogens is 456 g/mol. The van der Waals surface area contributed by atoms with Crippen LogP contribution in [-0.4, -0.2) is 18.9 Å². The van der Waals surface area contributed by atoms with E-state index in [1.807, 2.05) is 85.8 Å². The lowest BCUT2D eigenvalue weighted by molar-refractivity contribution is -0.115. The van der Waals surface area contributed by atoms with Gasteiger partial charge in [0.2, 0.25) is 5.91 Å². The molecule has 2 amide bonds. The predicted molar refractivity (Wildman–Crippen MR) is 142 cm³/mol. The molecule has 0 radical (unpaired) electrons. The van der Waals surface area contributed by atoms with Crippen LogP contribution in [0.3, 0.4) is 0 Å². The Morgan fingerprint density at radius 2 is 1.49 bits per heavy atom. The minimum atomic E-state index is -0.485. The zero-order chi connectivity index (χ0) is 24.6. The van der Waals surface area contributed by atoms with E-state index in [0.717, 1.165) is 21.8 Å². The molecule has 176 valence electrons. The van der Waals surface area contributed by atoms with Gasteiger partial charge in [-0.05, 0) is 67.1 Å². The van der Waals surface area contributed by atoms with Gasteiger partial charge in [-0.1, -0.05) is 54.1 Å². The fourth-order valence-corrected chi connectivity index (χ4v) is 4.56. The highest BCUT2D eigenvalue weighted by Crippen LogP contribution is 2.37. The van der Waals surface area contributed by atoms with E-state index < -0.39 is 5.25 Å². The van der Waals surface area contributed by atoms with E-state index in [2.05, 4.69) is 10.6 Å². The quantitative estimate of drug-likeness (QED) is 0.273. The van der Waals surface area contributed by atoms with Crippen molar-refractivity contribution < 1.29 is 14.3 Å². The van der Waals surface area contributed by atoms with E-state index in [-0.39, 0.29) is 11.8 Å². The predicted octanol–water partition coefficient (Wildman–Crippen LogP) is 6.73. The first-order valence-corrected chi connectivity index (χ1v) is 12.0. The maximum absolute atomic E-state index is 13.3. The van der Waals surface area contributed by atoms with Gasteiger partial charge in [0.1, 0.15) is 11.0 Å². The third kappa shape index (κ3) is 6.52. The SMILES string of the molecule is COc1ccc(NC(=O)C(Sc2cccc(NC(=O)c3ccc(C)cc3)c2)c2ccccc2)cc1. The summed E-state index contributed by atoms with van der Waals surface area (Å²) in [7, 11) is 1.60. The normalized spacial score (nSPS) is 11.4. The summed E-state index contributed by atoms with van der Waals surface area (Å²) in [5.41, 5.74) is 3.94. The van der Waals surface area contributed by atoms with Crippen molar-refractivity contribution in [2.45, 2.75) is 17.1 Å². The van der Waals surface area contributed by atoms with E-state index in [1.165, 1.54) is 11.8 Å². The smallest absolute Gasteiger partial charge is 0.255 e. The molecule has 0 saturated heterocycles. The summed E-state index contributed by atoms with van der Waals surface area (Å²) < 4.78 is 5.20. The van der Waals surface area contributed by atoms with Crippen molar-refractivity contribution in [3.8, 4) is 5.75 Å². The Bertz CT molecular complexity index is 1290. The van der Waals surface area contributed by atoms with Crippen LogP contribution in [0.1, 0.15) is 26.7 Å². The van der Waals surface area contributed by atoms with E-state index in [4.69, 9.17) is 4.74 Å². The molecule has 0 aliphatic heterocycles. The van der Waals surface area contributed by atoms with Crippen LogP contribution in [0, 0.1) is 6.92 Å². The fraction of sp³-hybridized carbons (Fsp3) is 0.103. The molecule has 1 atom stereocenters. The van der Waals surface area contributed by atoms with Crippen LogP contribution in [0.25, 0.3) is 0 Å². The summed E-state index contributed by atoms with van der Waals surface area (Å²) in [5, 5.41) is 5.46. The van der Waals surface area contributed by atoms with Crippen molar-refractivity contribution >= 4 is 35.0 Å². The Labute approximate surface area is 209 Å². The highest BCUT2D eigenvalue weighted by molar-refractivity contribution is 8.00. The van der Waals surface area contributed by atoms with E-state index in [0.29, 0.717) is 16.9 Å². The Morgan fingerprint density at radius 1 is 0.771 bits per heavy atom. The molecule has 2 N–H and O–H groups in total. The topological polar surface area (TPSA) is 67.4 Å². The number of benzene rings is 4. The van der Waals surface area contributed by atoms with Gasteiger partial charge in [0.05, 0.1) is 7.11 Å². The number of hydrogen-bond acceptors (Lipinski definition) is 4. The molecule has 0 spiro atoms. The number of carbonyl (C=O) groups excluding carboxylic acids is 2. The Kier molecular flexibility index (Phi) is 7.85. The molecule has 1 unspecified atom stereocenters. The number of thioether (sulfide) groups is 1. The average Bonchev–Trinajstić information content (AvgIpc) is 2.89. The van der Waals surface area contributed by atoms with Crippen molar-refractivity contribution in [3.63, 3.8) is 0 Å². The van der Waals surface area contributed by atoms with Crippen LogP contribution in [0.15, 0.2) is 108 Å². The molecule has 0 aliphatic rings. The highest BCUT2D eigenvalue weighted by atomic mass is 32.2. The molecular formula is C29H26N2O3S. The van der Waals surface area contributed by atoms with E-state index >= 15 is 0 Å². The van der Waals surface area contributed by atoms with Gasteiger partial charge in [-0.15, -0.1) is 11.8 Å². The Balaban J connectivity index is 1.52. The second kappa shape index (κ2) is 11.4. The molecule has 0 bridgehead atoms. The highest BCUT2D eigenvalue weighted by Gasteiger charge is 2.22. The average molecular weight is 483 g/mol. The maximum Gasteiger partial charge on any atom is 0.255 e. The summed E-state index contributed by atoms with van der Waals surface area (Å²) in [6, 6.07) is 31.8. The van der Waals surface area contributed by atoms with Gasteiger partial charge in [-0.2, -0.15) is 0 Å². The lowest BCUT2D eigenvalue weighted by Crippen LogP contribution is -2.19. The number of anilines is 2. The molecule has 6 heteroatoms. The molecule has 5 nitrogen and oxygen atoms in total. The second-order valence-electron chi connectivity index (χ2n) is 7.97. The van der Waals surface area contributed by atoms with E-state index in [1.54, 1.807) is 31.4 Å². The summed E-state index contributed by atoms with van der Waals surface area (Å²) in [4.78, 5) is 26.8. The number of rotatable bonds is 8. The third-order valence-electron chi connectivity index (χ3n) is 5.36. The first-order valence-electron chi connectivity index (χ1n) is 11.2. The zero-order valence-corrected chi connectivity index (χ0v) is 20.3. The molecule has 4 aromatic rings. The number of aryl methyl sites for hydroxylation is 1. The van der Waals surface area contributed by atoms with Crippen molar-refractivity contribution in [1.82, 2.24) is 0 Å². The van der Waals surface area contributed by atoms with Crippen LogP contribution >= 0.6 is 11.8 Å². The van der Waals surface area contributed by atoms with Crippen molar-refractivity contribution in [3.05, 3.63) is 120 Å². The molecule has 4 aromatic carbocycles. The van der Waals surface area contributed by atoms with Gasteiger partial charge in [0.15, 0.2) is 0 Å². The standard InChI is InChI=1S/C29H26N2O3S/c1-20-11-13-22(14-12-20)28(32)31-24-9-6-10-26(19-24)35-27(21-7-4-3-5-8-21)29(33)30-23-15-17-25(34-2)18-16-23/h3-19,27H,1-2H3,(H,30,33)(H,31,32). The molecule has 0 aromatic heterocycles. The van der Waals surface area contributed by atoms with E-state index in [9.17, 15) is 9.59 Å². The lowest BCUT2D eigenvalue weighted by Gasteiger charge is -2.18. The number of nitrogens with one attached hydrogen (secondary N) is 2. The van der Waals surface area contributed by atoms with Crippen LogP contribution in [0.2, 0.25) is 0 Å². The maximum atomic E-state index is 13.3. The van der Waals surface area contributed by atoms with Crippen molar-refractivity contribution in [2.24, 2.45) is 0 Å². The minimum Gasteiger partial charge on any atom is -0.497 e. The molecule has 0 heterocycles. The van der Waals surface area contributed by atoms with Crippen molar-refractivity contribution in [1.29, 1.82) is 0 Å². The molecule has 4 rings (SSSR count). The largest absolute Gasteiger partial charge is 0.497 e. The lowest BCUT2D eigenvalue weighted by atomic mass is 10.1. The molecule has 0 aliphatic carbocycles. The third-order valence-corrected chi connectivity index (χ3v) is 6.61. The number of hydrogen-bond donors (Lipinski definition) is 2. The monoisotopic (exact) mass is 482 g/mol. The summed E-state index contributed by atoms with van der Waals surface area (Å²) in [6.45, 7) is 1.98. The van der Waals surface area contributed by atoms with Crippen molar-refractivity contribution in [2.75, 3.05) is 17.7 Å². The van der Waals surface area contributed by atoms with Gasteiger partial charge in [-0.25, -0.2) is 0 Å². The van der Waals surface area contributed by atoms with Crippen LogP contribution < -0.4 is 15.4 Å². The van der Waals surface area contributed by atoms with Crippen LogP contribution in [-0.2, 0) is 4.79 Å². The number of ether oxygens (including phenoxy) is 1. The van der Waals surface area contributed by atoms with Crippen LogP contribution in [0.5, 0.6) is 5.75 Å². The summed E-state index contributed by atoms with van der Waals surface area (Å²) >= 11 is 1.43. The molecule has 35 heavy (non-hydrogen) atoms. The van der Waals surface area contributed by atoms with Gasteiger partial charge < -0.3 is 15.4 Å². The van der Waals surface area contributed by atoms with Gasteiger partial charge >= 0.3 is 0 Å². The van der Waals surface area contributed by atoms with Gasteiger partial charge in [0.25, 0.3) is 5.91 Å². The second-order valence-corrected chi connectivity index (χ2v) is 9.15. The first-order chi connectivity index (χ1) is 17.0. The summed E-state index contributed by atoms with van der Waals surface area (Å²) in [6.07, 6.45) is 0. The zero-order valence-electron chi connectivity index (χ0n) is 19.5. The first kappa shape index (κ1) is 24.1. The molecule has 0 fully saturated rings. The fourth-order valence-electron chi connectivity index (χ4n) is 3.47. The Hall–Kier alpha value is -4.03. The van der Waals surface area contributed by atoms with Crippen LogP contribution in [0.4, 0.5) is 11.4 Å². The van der Waals surface area contributed by atoms with Gasteiger partial charge in [-0.3, -0.25) is 9.59 Å². The number of amides is 2. The Morgan fingerprint density at radius 3 is 2.17 bits per heavy atom.